The molecule has 0 spiro atoms. The Morgan fingerprint density at radius 1 is 1.06 bits per heavy atom. The minimum atomic E-state index is -0.0663. The fraction of sp³-hybridized carbons (Fsp3) is 0.308. The predicted octanol–water partition coefficient (Wildman–Crippen LogP) is 5.25. The van der Waals surface area contributed by atoms with Crippen molar-refractivity contribution in [3.63, 3.8) is 0 Å². The van der Waals surface area contributed by atoms with Crippen LogP contribution in [0, 0.1) is 0 Å². The fourth-order valence-electron chi connectivity index (χ4n) is 4.09. The smallest absolute Gasteiger partial charge is 0.246 e. The number of hydrogen-bond acceptors (Lipinski definition) is 4. The Kier molecular flexibility index (Phi) is 6.75. The Morgan fingerprint density at radius 3 is 2.36 bits per heavy atom. The number of amides is 2. The largest absolute Gasteiger partial charge is 0.493 e. The number of furan rings is 1. The highest BCUT2D eigenvalue weighted by atomic mass is 35.5. The van der Waals surface area contributed by atoms with E-state index in [1.54, 1.807) is 29.1 Å². The lowest BCUT2D eigenvalue weighted by Gasteiger charge is -2.33. The standard InChI is InChI=1S/C26H27ClN2O4/c1-4-32-24-15-25-22(23(16-33-25)19-5-7-20(27)8-6-19)14-21(24)17(2)13-26(31)29-11-9-28(10-12-29)18(3)30/h5-8,13-16H,4,9-12H2,1-3H3/b17-13+. The summed E-state index contributed by atoms with van der Waals surface area (Å²) in [7, 11) is 0. The topological polar surface area (TPSA) is 63.0 Å². The van der Waals surface area contributed by atoms with Crippen molar-refractivity contribution in [3.8, 4) is 16.9 Å². The molecule has 1 fully saturated rings. The van der Waals surface area contributed by atoms with Crippen LogP contribution in [0.15, 0.2) is 53.2 Å². The number of piperazine rings is 1. The maximum absolute atomic E-state index is 12.9. The van der Waals surface area contributed by atoms with Gasteiger partial charge in [0, 0.05) is 66.8 Å². The van der Waals surface area contributed by atoms with Crippen LogP contribution in [0.25, 0.3) is 27.7 Å². The Balaban J connectivity index is 1.66. The van der Waals surface area contributed by atoms with E-state index in [2.05, 4.69) is 0 Å². The molecule has 7 heteroatoms. The van der Waals surface area contributed by atoms with Crippen LogP contribution in [0.1, 0.15) is 26.3 Å². The maximum Gasteiger partial charge on any atom is 0.246 e. The van der Waals surface area contributed by atoms with Gasteiger partial charge in [0.15, 0.2) is 0 Å². The van der Waals surface area contributed by atoms with E-state index in [0.29, 0.717) is 49.1 Å². The number of carbonyl (C=O) groups excluding carboxylic acids is 2. The number of nitrogens with zero attached hydrogens (tertiary/aromatic N) is 2. The molecule has 2 aromatic carbocycles. The van der Waals surface area contributed by atoms with Crippen LogP contribution >= 0.6 is 11.6 Å². The summed E-state index contributed by atoms with van der Waals surface area (Å²) in [6.45, 7) is 8.07. The zero-order chi connectivity index (χ0) is 23.5. The molecule has 3 aromatic rings. The molecule has 1 aromatic heterocycles. The zero-order valence-corrected chi connectivity index (χ0v) is 19.8. The summed E-state index contributed by atoms with van der Waals surface area (Å²) < 4.78 is 11.7. The van der Waals surface area contributed by atoms with E-state index in [9.17, 15) is 9.59 Å². The van der Waals surface area contributed by atoms with Gasteiger partial charge in [0.1, 0.15) is 11.3 Å². The van der Waals surface area contributed by atoms with Crippen LogP contribution in [0.2, 0.25) is 5.02 Å². The first-order chi connectivity index (χ1) is 15.9. The van der Waals surface area contributed by atoms with Crippen molar-refractivity contribution >= 4 is 40.0 Å². The number of hydrogen-bond donors (Lipinski definition) is 0. The first-order valence-corrected chi connectivity index (χ1v) is 11.4. The molecular weight excluding hydrogens is 440 g/mol. The van der Waals surface area contributed by atoms with E-state index in [1.165, 1.54) is 0 Å². The van der Waals surface area contributed by atoms with Crippen LogP contribution in [0.5, 0.6) is 5.75 Å². The summed E-state index contributed by atoms with van der Waals surface area (Å²) in [6.07, 6.45) is 3.38. The molecule has 6 nitrogen and oxygen atoms in total. The number of carbonyl (C=O) groups is 2. The third kappa shape index (κ3) is 4.91. The molecule has 2 amide bonds. The average Bonchev–Trinajstić information content (AvgIpc) is 3.22. The molecule has 1 aliphatic heterocycles. The SMILES string of the molecule is CCOc1cc2occ(-c3ccc(Cl)cc3)c2cc1/C(C)=C/C(=O)N1CCN(C(C)=O)CC1. The van der Waals surface area contributed by atoms with Gasteiger partial charge in [-0.15, -0.1) is 0 Å². The number of rotatable bonds is 5. The highest BCUT2D eigenvalue weighted by molar-refractivity contribution is 6.30. The first kappa shape index (κ1) is 22.9. The van der Waals surface area contributed by atoms with E-state index in [1.807, 2.05) is 50.2 Å². The third-order valence-electron chi connectivity index (χ3n) is 5.93. The fourth-order valence-corrected chi connectivity index (χ4v) is 4.21. The van der Waals surface area contributed by atoms with Crippen molar-refractivity contribution in [1.29, 1.82) is 0 Å². The van der Waals surface area contributed by atoms with Crippen LogP contribution in [0.3, 0.4) is 0 Å². The summed E-state index contributed by atoms with van der Waals surface area (Å²) in [4.78, 5) is 28.0. The van der Waals surface area contributed by atoms with Crippen molar-refractivity contribution in [1.82, 2.24) is 9.80 Å². The number of ether oxygens (including phenoxy) is 1. The van der Waals surface area contributed by atoms with Crippen molar-refractivity contribution in [2.45, 2.75) is 20.8 Å². The predicted molar refractivity (Wildman–Crippen MR) is 130 cm³/mol. The number of halogens is 1. The highest BCUT2D eigenvalue weighted by Crippen LogP contribution is 2.37. The molecule has 2 heterocycles. The summed E-state index contributed by atoms with van der Waals surface area (Å²) in [5, 5.41) is 1.61. The summed E-state index contributed by atoms with van der Waals surface area (Å²) in [6, 6.07) is 11.5. The quantitative estimate of drug-likeness (QED) is 0.482. The van der Waals surface area contributed by atoms with E-state index >= 15 is 0 Å². The monoisotopic (exact) mass is 466 g/mol. The van der Waals surface area contributed by atoms with Gasteiger partial charge >= 0.3 is 0 Å². The van der Waals surface area contributed by atoms with Gasteiger partial charge in [0.25, 0.3) is 0 Å². The van der Waals surface area contributed by atoms with Gasteiger partial charge in [-0.2, -0.15) is 0 Å². The summed E-state index contributed by atoms with van der Waals surface area (Å²) >= 11 is 6.05. The molecule has 0 radical (unpaired) electrons. The average molecular weight is 467 g/mol. The van der Waals surface area contributed by atoms with Gasteiger partial charge in [-0.25, -0.2) is 0 Å². The third-order valence-corrected chi connectivity index (χ3v) is 6.18. The maximum atomic E-state index is 12.9. The van der Waals surface area contributed by atoms with Crippen LogP contribution < -0.4 is 4.74 Å². The molecular formula is C26H27ClN2O4. The number of fused-ring (bicyclic) bond motifs is 1. The van der Waals surface area contributed by atoms with Crippen LogP contribution in [0.4, 0.5) is 0 Å². The summed E-state index contributed by atoms with van der Waals surface area (Å²) in [5.74, 6) is 0.647. The lowest BCUT2D eigenvalue weighted by Crippen LogP contribution is -2.49. The molecule has 0 aliphatic carbocycles. The Labute approximate surface area is 198 Å². The van der Waals surface area contributed by atoms with Gasteiger partial charge in [0.2, 0.25) is 11.8 Å². The first-order valence-electron chi connectivity index (χ1n) is 11.0. The molecule has 0 unspecified atom stereocenters. The molecule has 1 aliphatic rings. The van der Waals surface area contributed by atoms with Crippen molar-refractivity contribution in [2.24, 2.45) is 0 Å². The summed E-state index contributed by atoms with van der Waals surface area (Å²) in [5.41, 5.74) is 4.31. The second kappa shape index (κ2) is 9.71. The molecule has 0 atom stereocenters. The molecule has 0 saturated carbocycles. The minimum Gasteiger partial charge on any atom is -0.493 e. The van der Waals surface area contributed by atoms with Gasteiger partial charge in [-0.05, 0) is 43.2 Å². The number of allylic oxidation sites excluding steroid dienone is 1. The zero-order valence-electron chi connectivity index (χ0n) is 19.1. The van der Waals surface area contributed by atoms with E-state index in [-0.39, 0.29) is 11.8 Å². The Bertz CT molecular complexity index is 1210. The Hall–Kier alpha value is -3.25. The van der Waals surface area contributed by atoms with Crippen molar-refractivity contribution in [3.05, 3.63) is 59.3 Å². The van der Waals surface area contributed by atoms with Gasteiger partial charge in [0.05, 0.1) is 12.9 Å². The lowest BCUT2D eigenvalue weighted by atomic mass is 9.99. The van der Waals surface area contributed by atoms with Crippen molar-refractivity contribution in [2.75, 3.05) is 32.8 Å². The van der Waals surface area contributed by atoms with Gasteiger partial charge in [-0.3, -0.25) is 9.59 Å². The minimum absolute atomic E-state index is 0.0417. The number of benzene rings is 2. The molecule has 0 N–H and O–H groups in total. The lowest BCUT2D eigenvalue weighted by molar-refractivity contribution is -0.135. The molecule has 1 saturated heterocycles. The molecule has 33 heavy (non-hydrogen) atoms. The van der Waals surface area contributed by atoms with E-state index in [4.69, 9.17) is 20.8 Å². The molecule has 4 rings (SSSR count). The highest BCUT2D eigenvalue weighted by Gasteiger charge is 2.22. The normalized spacial score (nSPS) is 14.6. The van der Waals surface area contributed by atoms with Gasteiger partial charge in [-0.1, -0.05) is 23.7 Å². The van der Waals surface area contributed by atoms with E-state index < -0.39 is 0 Å². The van der Waals surface area contributed by atoms with Crippen molar-refractivity contribution < 1.29 is 18.7 Å². The van der Waals surface area contributed by atoms with Crippen LogP contribution in [-0.2, 0) is 9.59 Å². The second-order valence-electron chi connectivity index (χ2n) is 8.09. The second-order valence-corrected chi connectivity index (χ2v) is 8.53. The van der Waals surface area contributed by atoms with E-state index in [0.717, 1.165) is 27.6 Å². The van der Waals surface area contributed by atoms with Gasteiger partial charge < -0.3 is 19.0 Å². The molecule has 172 valence electrons. The van der Waals surface area contributed by atoms with Crippen LogP contribution in [-0.4, -0.2) is 54.4 Å². The Morgan fingerprint density at radius 2 is 1.73 bits per heavy atom. The molecule has 0 bridgehead atoms.